The third-order valence-corrected chi connectivity index (χ3v) is 10.4. The van der Waals surface area contributed by atoms with Crippen LogP contribution in [0.4, 0.5) is 0 Å². The highest BCUT2D eigenvalue weighted by Gasteiger charge is 2.54. The number of ether oxygens (including phenoxy) is 3. The lowest BCUT2D eigenvalue weighted by Crippen LogP contribution is -2.50. The Hall–Kier alpha value is -2.17. The number of methoxy groups -OCH3 is 1. The summed E-state index contributed by atoms with van der Waals surface area (Å²) in [4.78, 5) is 36.4. The Morgan fingerprint density at radius 1 is 1.27 bits per heavy atom. The SMILES string of the molecule is CC.COCC(N(C=O)CCOC(=O)COc1ccc2c(c1)CCC1C2CCC2(C)C(O)CCC12)C(C)(C)SN=O. The van der Waals surface area contributed by atoms with Crippen molar-refractivity contribution in [3.8, 4) is 5.75 Å². The third-order valence-electron chi connectivity index (χ3n) is 9.55. The molecule has 0 aromatic heterocycles. The number of hydrogen-bond donors (Lipinski definition) is 1. The Balaban J connectivity index is 0.00000226. The van der Waals surface area contributed by atoms with E-state index in [1.165, 1.54) is 23.1 Å². The summed E-state index contributed by atoms with van der Waals surface area (Å²) in [5.74, 6) is 1.89. The number of carbonyl (C=O) groups is 2. The van der Waals surface area contributed by atoms with Crippen LogP contribution in [0.3, 0.4) is 0 Å². The molecule has 9 nitrogen and oxygen atoms in total. The maximum atomic E-state index is 12.4. The minimum atomic E-state index is -0.673. The number of amides is 1. The van der Waals surface area contributed by atoms with Crippen LogP contribution in [0, 0.1) is 22.2 Å². The van der Waals surface area contributed by atoms with Crippen LogP contribution < -0.4 is 4.74 Å². The van der Waals surface area contributed by atoms with Crippen LogP contribution in [-0.4, -0.2) is 72.8 Å². The first kappa shape index (κ1) is 33.3. The maximum Gasteiger partial charge on any atom is 0.344 e. The minimum Gasteiger partial charge on any atom is -0.482 e. The molecule has 41 heavy (non-hydrogen) atoms. The number of aryl methyl sites for hydroxylation is 1. The quantitative estimate of drug-likeness (QED) is 0.138. The van der Waals surface area contributed by atoms with Gasteiger partial charge in [-0.25, -0.2) is 4.79 Å². The average molecular weight is 593 g/mol. The monoisotopic (exact) mass is 592 g/mol. The normalized spacial score (nSPS) is 27.2. The molecule has 1 N–H and O–H groups in total. The molecule has 0 aliphatic heterocycles. The summed E-state index contributed by atoms with van der Waals surface area (Å²) in [7, 11) is 1.52. The van der Waals surface area contributed by atoms with Gasteiger partial charge in [0, 0.05) is 23.6 Å². The van der Waals surface area contributed by atoms with E-state index in [0.717, 1.165) is 50.5 Å². The molecule has 230 valence electrons. The number of fused-ring (bicyclic) bond motifs is 5. The van der Waals surface area contributed by atoms with E-state index in [1.807, 2.05) is 33.8 Å². The summed E-state index contributed by atoms with van der Waals surface area (Å²) in [5, 5.41) is 10.6. The van der Waals surface area contributed by atoms with Crippen LogP contribution >= 0.6 is 11.9 Å². The third kappa shape index (κ3) is 7.43. The zero-order chi connectivity index (χ0) is 30.2. The van der Waals surface area contributed by atoms with Gasteiger partial charge >= 0.3 is 5.97 Å². The van der Waals surface area contributed by atoms with Gasteiger partial charge in [-0.15, -0.1) is 4.91 Å². The minimum absolute atomic E-state index is 0.00154. The Morgan fingerprint density at radius 3 is 2.71 bits per heavy atom. The van der Waals surface area contributed by atoms with Gasteiger partial charge in [0.2, 0.25) is 6.41 Å². The summed E-state index contributed by atoms with van der Waals surface area (Å²) in [5.41, 5.74) is 2.76. The van der Waals surface area contributed by atoms with E-state index >= 15 is 0 Å². The van der Waals surface area contributed by atoms with Gasteiger partial charge < -0.3 is 24.2 Å². The van der Waals surface area contributed by atoms with Gasteiger partial charge in [0.1, 0.15) is 12.4 Å². The molecule has 6 unspecified atom stereocenters. The number of carbonyl (C=O) groups excluding carboxylic acids is 2. The lowest BCUT2D eigenvalue weighted by Gasteiger charge is -2.50. The van der Waals surface area contributed by atoms with Crippen molar-refractivity contribution in [3.63, 3.8) is 0 Å². The molecule has 3 aliphatic carbocycles. The van der Waals surface area contributed by atoms with Gasteiger partial charge in [-0.2, -0.15) is 0 Å². The van der Waals surface area contributed by atoms with Crippen LogP contribution in [0.2, 0.25) is 0 Å². The summed E-state index contributed by atoms with van der Waals surface area (Å²) in [6.45, 7) is 10.1. The molecule has 0 radical (unpaired) electrons. The first-order valence-corrected chi connectivity index (χ1v) is 15.7. The van der Waals surface area contributed by atoms with Crippen molar-refractivity contribution < 1.29 is 28.9 Å². The molecule has 0 saturated heterocycles. The first-order valence-electron chi connectivity index (χ1n) is 14.9. The number of esters is 1. The van der Waals surface area contributed by atoms with Crippen molar-refractivity contribution in [3.05, 3.63) is 34.2 Å². The number of aliphatic hydroxyl groups excluding tert-OH is 1. The van der Waals surface area contributed by atoms with Crippen molar-refractivity contribution >= 4 is 24.3 Å². The number of benzene rings is 1. The number of aliphatic hydroxyl groups is 1. The van der Waals surface area contributed by atoms with Crippen LogP contribution in [0.5, 0.6) is 5.75 Å². The zero-order valence-electron chi connectivity index (χ0n) is 25.5. The van der Waals surface area contributed by atoms with Crippen molar-refractivity contribution in [1.29, 1.82) is 0 Å². The lowest BCUT2D eigenvalue weighted by molar-refractivity contribution is -0.147. The fraction of sp³-hybridized carbons (Fsp3) is 0.742. The van der Waals surface area contributed by atoms with E-state index < -0.39 is 16.8 Å². The van der Waals surface area contributed by atoms with Gasteiger partial charge in [0.25, 0.3) is 0 Å². The van der Waals surface area contributed by atoms with E-state index in [4.69, 9.17) is 14.2 Å². The fourth-order valence-corrected chi connectivity index (χ4v) is 7.88. The second kappa shape index (κ2) is 14.8. The van der Waals surface area contributed by atoms with E-state index in [2.05, 4.69) is 23.6 Å². The largest absolute Gasteiger partial charge is 0.482 e. The summed E-state index contributed by atoms with van der Waals surface area (Å²) < 4.78 is 18.6. The standard InChI is InChI=1S/C29H42N2O7S.C2H6/c1-28(2,39-30-35)25(16-36-4)31(18-32)13-14-37-27(34)17-38-20-6-8-21-19(15-20)5-7-23-22(21)11-12-29(3)24(23)9-10-26(29)33;1-2/h6,8,15,18,22-26,33H,5,7,9-14,16-17H2,1-4H3;1-2H3. The van der Waals surface area contributed by atoms with E-state index in [1.54, 1.807) is 0 Å². The van der Waals surface area contributed by atoms with E-state index in [0.29, 0.717) is 29.9 Å². The van der Waals surface area contributed by atoms with E-state index in [-0.39, 0.29) is 37.9 Å². The second-order valence-electron chi connectivity index (χ2n) is 12.0. The van der Waals surface area contributed by atoms with Crippen molar-refractivity contribution in [2.45, 2.75) is 96.0 Å². The number of nitroso groups, excluding NO2 is 1. The maximum absolute atomic E-state index is 12.4. The predicted octanol–water partition coefficient (Wildman–Crippen LogP) is 5.52. The molecule has 0 spiro atoms. The Bertz CT molecular complexity index is 1040. The summed E-state index contributed by atoms with van der Waals surface area (Å²) in [6, 6.07) is 5.73. The molecule has 2 fully saturated rings. The Morgan fingerprint density at radius 2 is 2.02 bits per heavy atom. The molecule has 6 atom stereocenters. The highest BCUT2D eigenvalue weighted by Crippen LogP contribution is 2.60. The summed E-state index contributed by atoms with van der Waals surface area (Å²) >= 11 is 0.841. The van der Waals surface area contributed by atoms with Crippen LogP contribution in [0.15, 0.2) is 22.8 Å². The second-order valence-corrected chi connectivity index (χ2v) is 13.4. The molecule has 1 aromatic rings. The lowest BCUT2D eigenvalue weighted by atomic mass is 9.55. The number of rotatable bonds is 13. The highest BCUT2D eigenvalue weighted by atomic mass is 32.2. The van der Waals surface area contributed by atoms with Crippen LogP contribution in [0.25, 0.3) is 0 Å². The number of nitrogens with zero attached hydrogens (tertiary/aromatic N) is 2. The average Bonchev–Trinajstić information content (AvgIpc) is 3.28. The van der Waals surface area contributed by atoms with Crippen molar-refractivity contribution in [2.24, 2.45) is 21.8 Å². The molecule has 1 amide bonds. The van der Waals surface area contributed by atoms with Gasteiger partial charge in [-0.1, -0.05) is 26.8 Å². The topological polar surface area (TPSA) is 115 Å². The Kier molecular flexibility index (Phi) is 12.1. The van der Waals surface area contributed by atoms with Crippen molar-refractivity contribution in [2.75, 3.05) is 33.5 Å². The van der Waals surface area contributed by atoms with Gasteiger partial charge in [0.15, 0.2) is 6.61 Å². The van der Waals surface area contributed by atoms with Gasteiger partial charge in [0.05, 0.1) is 30.0 Å². The molecule has 3 aliphatic rings. The molecule has 1 aromatic carbocycles. The molecule has 10 heteroatoms. The van der Waals surface area contributed by atoms with Crippen LogP contribution in [-0.2, 0) is 25.5 Å². The van der Waals surface area contributed by atoms with Gasteiger partial charge in [-0.3, -0.25) is 4.79 Å². The molecular weight excluding hydrogens is 544 g/mol. The smallest absolute Gasteiger partial charge is 0.344 e. The predicted molar refractivity (Wildman–Crippen MR) is 161 cm³/mol. The molecule has 2 saturated carbocycles. The van der Waals surface area contributed by atoms with Crippen LogP contribution in [0.1, 0.15) is 83.8 Å². The highest BCUT2D eigenvalue weighted by molar-refractivity contribution is 7.99. The first-order chi connectivity index (χ1) is 19.6. The number of hydrogen-bond acceptors (Lipinski definition) is 9. The zero-order valence-corrected chi connectivity index (χ0v) is 26.3. The molecule has 4 rings (SSSR count). The van der Waals surface area contributed by atoms with E-state index in [9.17, 15) is 19.6 Å². The molecule has 0 heterocycles. The van der Waals surface area contributed by atoms with Crippen molar-refractivity contribution in [1.82, 2.24) is 4.90 Å². The Labute approximate surface area is 249 Å². The fourth-order valence-electron chi connectivity index (χ4n) is 7.36. The summed E-state index contributed by atoms with van der Waals surface area (Å²) in [6.07, 6.45) is 6.85. The molecule has 0 bridgehead atoms. The van der Waals surface area contributed by atoms with Gasteiger partial charge in [-0.05, 0) is 98.8 Å². The molecular formula is C31H48N2O7S.